The van der Waals surface area contributed by atoms with E-state index in [1.165, 1.54) is 13.2 Å². The molecule has 0 fully saturated rings. The molecule has 0 saturated heterocycles. The van der Waals surface area contributed by atoms with Gasteiger partial charge >= 0.3 is 11.9 Å². The number of methoxy groups -OCH3 is 1. The van der Waals surface area contributed by atoms with E-state index < -0.39 is 17.4 Å². The monoisotopic (exact) mass is 384 g/mol. The lowest BCUT2D eigenvalue weighted by atomic mass is 9.63. The second-order valence-corrected chi connectivity index (χ2v) is 6.56. The molecule has 2 N–H and O–H groups in total. The molecular formula is C21H24N2O5. The summed E-state index contributed by atoms with van der Waals surface area (Å²) in [7, 11) is 1.46. The normalized spacial score (nSPS) is 16.1. The summed E-state index contributed by atoms with van der Waals surface area (Å²) in [5.74, 6) is -1.97. The van der Waals surface area contributed by atoms with Crippen molar-refractivity contribution >= 4 is 11.9 Å². The Morgan fingerprint density at radius 3 is 2.04 bits per heavy atom. The zero-order chi connectivity index (χ0) is 21.2. The van der Waals surface area contributed by atoms with Crippen LogP contribution in [0.15, 0.2) is 40.7 Å². The second kappa shape index (κ2) is 7.77. The van der Waals surface area contributed by atoms with Crippen LogP contribution in [-0.4, -0.2) is 40.7 Å². The van der Waals surface area contributed by atoms with Gasteiger partial charge in [0.15, 0.2) is 0 Å². The third-order valence-electron chi connectivity index (χ3n) is 5.47. The highest BCUT2D eigenvalue weighted by atomic mass is 16.5. The molecule has 0 amide bonds. The molecule has 7 nitrogen and oxygen atoms in total. The number of ether oxygens (including phenoxy) is 1. The molecule has 2 rings (SSSR count). The number of carboxylic acid groups (broad SMARTS) is 2. The van der Waals surface area contributed by atoms with Gasteiger partial charge in [0.25, 0.3) is 0 Å². The Labute approximate surface area is 164 Å². The number of aliphatic carboxylic acids is 2. The van der Waals surface area contributed by atoms with Crippen LogP contribution in [0.3, 0.4) is 0 Å². The number of hydrogen-bond acceptors (Lipinski definition) is 5. The maximum Gasteiger partial charge on any atom is 0.334 e. The summed E-state index contributed by atoms with van der Waals surface area (Å²) >= 11 is 0. The van der Waals surface area contributed by atoms with Gasteiger partial charge in [0.05, 0.1) is 35.3 Å². The number of carbonyl (C=O) groups is 2. The molecule has 0 bridgehead atoms. The lowest BCUT2D eigenvalue weighted by Gasteiger charge is -2.44. The van der Waals surface area contributed by atoms with E-state index in [0.717, 1.165) is 0 Å². The van der Waals surface area contributed by atoms with Crippen molar-refractivity contribution in [2.75, 3.05) is 13.7 Å². The van der Waals surface area contributed by atoms with Crippen LogP contribution in [0, 0.1) is 11.3 Å². The van der Waals surface area contributed by atoms with E-state index in [0.29, 0.717) is 29.3 Å². The Kier molecular flexibility index (Phi) is 5.84. The molecule has 28 heavy (non-hydrogen) atoms. The highest BCUT2D eigenvalue weighted by molar-refractivity contribution is 6.01. The lowest BCUT2D eigenvalue weighted by Crippen LogP contribution is -2.46. The summed E-state index contributed by atoms with van der Waals surface area (Å²) in [4.78, 5) is 26.4. The molecule has 148 valence electrons. The molecule has 1 heterocycles. The minimum Gasteiger partial charge on any atom is -0.497 e. The largest absolute Gasteiger partial charge is 0.497 e. The van der Waals surface area contributed by atoms with Crippen LogP contribution in [0.4, 0.5) is 0 Å². The third-order valence-corrected chi connectivity index (χ3v) is 5.47. The van der Waals surface area contributed by atoms with E-state index in [9.17, 15) is 25.1 Å². The van der Waals surface area contributed by atoms with Crippen LogP contribution in [-0.2, 0) is 15.0 Å². The first kappa shape index (κ1) is 21.0. The van der Waals surface area contributed by atoms with Crippen molar-refractivity contribution in [3.8, 4) is 11.8 Å². The first-order valence-electron chi connectivity index (χ1n) is 8.96. The fourth-order valence-corrected chi connectivity index (χ4v) is 4.34. The highest BCUT2D eigenvalue weighted by Crippen LogP contribution is 2.50. The van der Waals surface area contributed by atoms with E-state index in [1.54, 1.807) is 37.8 Å². The molecule has 1 aliphatic rings. The first-order chi connectivity index (χ1) is 13.2. The molecule has 0 atom stereocenters. The molecule has 7 heteroatoms. The number of carboxylic acids is 2. The van der Waals surface area contributed by atoms with Gasteiger partial charge in [0.1, 0.15) is 5.75 Å². The summed E-state index contributed by atoms with van der Waals surface area (Å²) < 4.78 is 5.17. The van der Waals surface area contributed by atoms with Crippen molar-refractivity contribution < 1.29 is 24.5 Å². The van der Waals surface area contributed by atoms with Gasteiger partial charge in [-0.25, -0.2) is 9.59 Å². The van der Waals surface area contributed by atoms with Crippen molar-refractivity contribution in [2.45, 2.75) is 39.5 Å². The Morgan fingerprint density at radius 1 is 1.14 bits per heavy atom. The maximum atomic E-state index is 12.4. The van der Waals surface area contributed by atoms with Crippen molar-refractivity contribution in [3.63, 3.8) is 0 Å². The zero-order valence-corrected chi connectivity index (χ0v) is 16.7. The number of rotatable bonds is 6. The van der Waals surface area contributed by atoms with E-state index in [4.69, 9.17) is 4.74 Å². The third kappa shape index (κ3) is 2.91. The number of benzene rings is 1. The summed E-state index contributed by atoms with van der Waals surface area (Å²) in [5.41, 5.74) is -0.0394. The van der Waals surface area contributed by atoms with E-state index >= 15 is 0 Å². The molecule has 0 aliphatic carbocycles. The highest BCUT2D eigenvalue weighted by Gasteiger charge is 2.51. The Morgan fingerprint density at radius 2 is 1.68 bits per heavy atom. The van der Waals surface area contributed by atoms with Crippen molar-refractivity contribution in [1.82, 2.24) is 4.90 Å². The van der Waals surface area contributed by atoms with E-state index in [2.05, 4.69) is 6.07 Å². The second-order valence-electron chi connectivity index (χ2n) is 6.56. The van der Waals surface area contributed by atoms with Crippen LogP contribution in [0.25, 0.3) is 0 Å². The fraction of sp³-hybridized carbons (Fsp3) is 0.381. The molecule has 0 saturated carbocycles. The smallest absolute Gasteiger partial charge is 0.334 e. The van der Waals surface area contributed by atoms with Gasteiger partial charge in [-0.3, -0.25) is 0 Å². The molecule has 0 unspecified atom stereocenters. The molecule has 1 aliphatic heterocycles. The summed E-state index contributed by atoms with van der Waals surface area (Å²) in [5, 5.41) is 29.9. The predicted octanol–water partition coefficient (Wildman–Crippen LogP) is 3.27. The maximum absolute atomic E-state index is 12.4. The number of nitrogens with zero attached hydrogens (tertiary/aromatic N) is 2. The van der Waals surface area contributed by atoms with Crippen LogP contribution in [0.1, 0.15) is 45.2 Å². The number of nitriles is 1. The van der Waals surface area contributed by atoms with Crippen molar-refractivity contribution in [1.29, 1.82) is 5.26 Å². The van der Waals surface area contributed by atoms with Crippen LogP contribution >= 0.6 is 0 Å². The zero-order valence-electron chi connectivity index (χ0n) is 16.7. The Balaban J connectivity index is 3.06. The molecule has 0 spiro atoms. The summed E-state index contributed by atoms with van der Waals surface area (Å²) in [6.07, 6.45) is 0.170. The number of hydrogen-bond donors (Lipinski definition) is 2. The SMILES string of the molecule is CCN1C(C)=C(C(=O)O)C(CC)(c2ccc(OC)cc2C#N)C(C(=O)O)=C1C. The fourth-order valence-electron chi connectivity index (χ4n) is 4.34. The predicted molar refractivity (Wildman–Crippen MR) is 103 cm³/mol. The molecule has 1 aromatic carbocycles. The van der Waals surface area contributed by atoms with E-state index in [1.807, 2.05) is 6.92 Å². The van der Waals surface area contributed by atoms with Gasteiger partial charge in [-0.15, -0.1) is 0 Å². The van der Waals surface area contributed by atoms with E-state index in [-0.39, 0.29) is 23.1 Å². The summed E-state index contributed by atoms with van der Waals surface area (Å²) in [6.45, 7) is 7.35. The quantitative estimate of drug-likeness (QED) is 0.774. The first-order valence-corrected chi connectivity index (χ1v) is 8.96. The molecular weight excluding hydrogens is 360 g/mol. The minimum atomic E-state index is -1.46. The topological polar surface area (TPSA) is 111 Å². The average Bonchev–Trinajstić information content (AvgIpc) is 2.66. The van der Waals surface area contributed by atoms with Crippen molar-refractivity contribution in [3.05, 3.63) is 51.9 Å². The van der Waals surface area contributed by atoms with Crippen LogP contribution in [0.5, 0.6) is 5.75 Å². The summed E-state index contributed by atoms with van der Waals surface area (Å²) in [6, 6.07) is 6.79. The average molecular weight is 384 g/mol. The molecule has 0 aromatic heterocycles. The van der Waals surface area contributed by atoms with Crippen LogP contribution < -0.4 is 4.74 Å². The standard InChI is InChI=1S/C21H24N2O5/c1-6-21(16-9-8-15(28-5)10-14(16)11-22)17(19(24)25)12(3)23(7-2)13(4)18(21)20(26)27/h8-10H,6-7H2,1-5H3,(H,24,25)(H,26,27). The Bertz CT molecular complexity index is 899. The van der Waals surface area contributed by atoms with Crippen molar-refractivity contribution in [2.24, 2.45) is 0 Å². The van der Waals surface area contributed by atoms with Gasteiger partial charge in [-0.2, -0.15) is 5.26 Å². The molecule has 0 radical (unpaired) electrons. The van der Waals surface area contributed by atoms with Crippen LogP contribution in [0.2, 0.25) is 0 Å². The van der Waals surface area contributed by atoms with Gasteiger partial charge in [0.2, 0.25) is 0 Å². The van der Waals surface area contributed by atoms with Gasteiger partial charge in [0, 0.05) is 17.9 Å². The van der Waals surface area contributed by atoms with Gasteiger partial charge in [-0.05, 0) is 44.9 Å². The minimum absolute atomic E-state index is 0.0264. The molecule has 1 aromatic rings. The lowest BCUT2D eigenvalue weighted by molar-refractivity contribution is -0.134. The van der Waals surface area contributed by atoms with Gasteiger partial charge < -0.3 is 19.8 Å². The van der Waals surface area contributed by atoms with Gasteiger partial charge in [-0.1, -0.05) is 13.0 Å². The Hall–Kier alpha value is -3.27. The number of allylic oxidation sites excluding steroid dienone is 2.